The van der Waals surface area contributed by atoms with Crippen LogP contribution in [0, 0.1) is 5.92 Å². The Hall–Kier alpha value is -0.570. The highest BCUT2D eigenvalue weighted by Crippen LogP contribution is 2.06. The lowest BCUT2D eigenvalue weighted by Gasteiger charge is -2.12. The maximum absolute atomic E-state index is 10.7. The van der Waals surface area contributed by atoms with Gasteiger partial charge in [-0.25, -0.2) is 0 Å². The van der Waals surface area contributed by atoms with Crippen LogP contribution >= 0.6 is 0 Å². The summed E-state index contributed by atoms with van der Waals surface area (Å²) in [6, 6.07) is 0. The van der Waals surface area contributed by atoms with Crippen LogP contribution in [0.2, 0.25) is 0 Å². The van der Waals surface area contributed by atoms with E-state index < -0.39 is 6.10 Å². The highest BCUT2D eigenvalue weighted by Gasteiger charge is 2.11. The number of carbonyl (C=O) groups excluding carboxylic acids is 1. The Balaban J connectivity index is 3.57. The molecule has 0 saturated heterocycles. The summed E-state index contributed by atoms with van der Waals surface area (Å²) >= 11 is 0. The average Bonchev–Trinajstić information content (AvgIpc) is 1.87. The number of carbonyl (C=O) groups is 1. The molecule has 0 rings (SSSR count). The molecule has 10 heavy (non-hydrogen) atoms. The summed E-state index contributed by atoms with van der Waals surface area (Å²) in [6.45, 7) is 3.54. The minimum absolute atomic E-state index is 0.0200. The Kier molecular flexibility index (Phi) is 4.03. The maximum Gasteiger partial charge on any atom is 0.220 e. The van der Waals surface area contributed by atoms with Gasteiger partial charge in [-0.3, -0.25) is 4.79 Å². The van der Waals surface area contributed by atoms with E-state index in [1.54, 1.807) is 14.0 Å². The first-order valence-corrected chi connectivity index (χ1v) is 3.46. The highest BCUT2D eigenvalue weighted by atomic mass is 16.3. The fourth-order valence-electron chi connectivity index (χ4n) is 0.565. The van der Waals surface area contributed by atoms with Gasteiger partial charge in [0, 0.05) is 13.5 Å². The van der Waals surface area contributed by atoms with Crippen LogP contribution in [0.3, 0.4) is 0 Å². The topological polar surface area (TPSA) is 49.3 Å². The number of amides is 1. The second-order valence-electron chi connectivity index (χ2n) is 2.60. The summed E-state index contributed by atoms with van der Waals surface area (Å²) in [5.41, 5.74) is 0. The zero-order valence-corrected chi connectivity index (χ0v) is 6.72. The van der Waals surface area contributed by atoms with Crippen molar-refractivity contribution in [1.29, 1.82) is 0 Å². The van der Waals surface area contributed by atoms with Crippen molar-refractivity contribution >= 4 is 5.91 Å². The molecule has 3 heteroatoms. The van der Waals surface area contributed by atoms with Gasteiger partial charge in [0.15, 0.2) is 0 Å². The highest BCUT2D eigenvalue weighted by molar-refractivity contribution is 5.75. The molecule has 0 aromatic heterocycles. The van der Waals surface area contributed by atoms with E-state index in [0.717, 1.165) is 0 Å². The molecular weight excluding hydrogens is 130 g/mol. The largest absolute Gasteiger partial charge is 0.393 e. The van der Waals surface area contributed by atoms with Crippen molar-refractivity contribution in [2.45, 2.75) is 26.4 Å². The molecule has 2 atom stereocenters. The van der Waals surface area contributed by atoms with Gasteiger partial charge in [-0.1, -0.05) is 6.92 Å². The number of aliphatic hydroxyl groups excluding tert-OH is 1. The molecule has 0 fully saturated rings. The van der Waals surface area contributed by atoms with E-state index in [9.17, 15) is 4.79 Å². The van der Waals surface area contributed by atoms with E-state index in [4.69, 9.17) is 5.11 Å². The second kappa shape index (κ2) is 4.28. The zero-order chi connectivity index (χ0) is 8.15. The first-order valence-electron chi connectivity index (χ1n) is 3.46. The van der Waals surface area contributed by atoms with E-state index >= 15 is 0 Å². The Morgan fingerprint density at radius 2 is 2.10 bits per heavy atom. The van der Waals surface area contributed by atoms with Crippen LogP contribution < -0.4 is 5.32 Å². The number of hydrogen-bond acceptors (Lipinski definition) is 2. The van der Waals surface area contributed by atoms with Crippen LogP contribution in [0.1, 0.15) is 20.3 Å². The van der Waals surface area contributed by atoms with E-state index in [2.05, 4.69) is 5.32 Å². The molecule has 2 unspecified atom stereocenters. The van der Waals surface area contributed by atoms with Gasteiger partial charge in [0.1, 0.15) is 0 Å². The van der Waals surface area contributed by atoms with E-state index in [0.29, 0.717) is 6.42 Å². The fraction of sp³-hybridized carbons (Fsp3) is 0.857. The van der Waals surface area contributed by atoms with Crippen LogP contribution in [0.5, 0.6) is 0 Å². The third kappa shape index (κ3) is 3.45. The van der Waals surface area contributed by atoms with Gasteiger partial charge in [-0.15, -0.1) is 0 Å². The summed E-state index contributed by atoms with van der Waals surface area (Å²) in [5, 5.41) is 11.5. The predicted molar refractivity (Wildman–Crippen MR) is 39.5 cm³/mol. The van der Waals surface area contributed by atoms with Crippen molar-refractivity contribution in [3.05, 3.63) is 0 Å². The molecule has 0 aliphatic heterocycles. The van der Waals surface area contributed by atoms with Gasteiger partial charge < -0.3 is 10.4 Å². The molecule has 0 bridgehead atoms. The fourth-order valence-corrected chi connectivity index (χ4v) is 0.565. The van der Waals surface area contributed by atoms with E-state index in [1.165, 1.54) is 0 Å². The lowest BCUT2D eigenvalue weighted by molar-refractivity contribution is -0.122. The summed E-state index contributed by atoms with van der Waals surface area (Å²) in [7, 11) is 1.59. The Labute approximate surface area is 61.4 Å². The third-order valence-electron chi connectivity index (χ3n) is 1.61. The Bertz CT molecular complexity index is 112. The van der Waals surface area contributed by atoms with Crippen molar-refractivity contribution in [2.24, 2.45) is 5.92 Å². The lowest BCUT2D eigenvalue weighted by atomic mass is 10.0. The van der Waals surface area contributed by atoms with Crippen molar-refractivity contribution in [3.8, 4) is 0 Å². The van der Waals surface area contributed by atoms with Gasteiger partial charge in [-0.2, -0.15) is 0 Å². The normalized spacial score (nSPS) is 16.0. The minimum Gasteiger partial charge on any atom is -0.393 e. The first-order chi connectivity index (χ1) is 4.57. The van der Waals surface area contributed by atoms with E-state index in [-0.39, 0.29) is 11.8 Å². The molecule has 0 aromatic rings. The minimum atomic E-state index is -0.405. The molecule has 0 spiro atoms. The summed E-state index contributed by atoms with van der Waals surface area (Å²) < 4.78 is 0. The monoisotopic (exact) mass is 145 g/mol. The quantitative estimate of drug-likeness (QED) is 0.593. The van der Waals surface area contributed by atoms with Crippen LogP contribution in [0.25, 0.3) is 0 Å². The van der Waals surface area contributed by atoms with Gasteiger partial charge in [0.25, 0.3) is 0 Å². The Morgan fingerprint density at radius 1 is 1.60 bits per heavy atom. The molecule has 3 nitrogen and oxygen atoms in total. The molecule has 0 aromatic carbocycles. The molecule has 0 heterocycles. The molecule has 60 valence electrons. The smallest absolute Gasteiger partial charge is 0.220 e. The predicted octanol–water partition coefficient (Wildman–Crippen LogP) is 0.139. The lowest BCUT2D eigenvalue weighted by Crippen LogP contribution is -2.24. The van der Waals surface area contributed by atoms with Gasteiger partial charge >= 0.3 is 0 Å². The van der Waals surface area contributed by atoms with Crippen molar-refractivity contribution in [1.82, 2.24) is 5.32 Å². The zero-order valence-electron chi connectivity index (χ0n) is 6.72. The standard InChI is InChI=1S/C7H15NO2/c1-5(6(2)9)4-7(10)8-3/h5-6,9H,4H2,1-3H3,(H,8,10). The number of nitrogens with one attached hydrogen (secondary N) is 1. The summed E-state index contributed by atoms with van der Waals surface area (Å²) in [4.78, 5) is 10.7. The van der Waals surface area contributed by atoms with Crippen LogP contribution in [-0.2, 0) is 4.79 Å². The number of rotatable bonds is 3. The molecule has 0 radical (unpaired) electrons. The van der Waals surface area contributed by atoms with Crippen molar-refractivity contribution < 1.29 is 9.90 Å². The maximum atomic E-state index is 10.7. The SMILES string of the molecule is CNC(=O)CC(C)C(C)O. The molecule has 0 saturated carbocycles. The van der Waals surface area contributed by atoms with Crippen LogP contribution in [0.4, 0.5) is 0 Å². The van der Waals surface area contributed by atoms with E-state index in [1.807, 2.05) is 6.92 Å². The molecule has 1 amide bonds. The molecule has 2 N–H and O–H groups in total. The number of aliphatic hydroxyl groups is 1. The molecular formula is C7H15NO2. The van der Waals surface area contributed by atoms with Crippen molar-refractivity contribution in [3.63, 3.8) is 0 Å². The van der Waals surface area contributed by atoms with Gasteiger partial charge in [-0.05, 0) is 12.8 Å². The molecule has 0 aliphatic rings. The first kappa shape index (κ1) is 9.43. The summed E-state index contributed by atoms with van der Waals surface area (Å²) in [5.74, 6) is 0.0216. The second-order valence-corrected chi connectivity index (χ2v) is 2.60. The summed E-state index contributed by atoms with van der Waals surface area (Å²) in [6.07, 6.45) is -0.00829. The third-order valence-corrected chi connectivity index (χ3v) is 1.61. The van der Waals surface area contributed by atoms with Gasteiger partial charge in [0.05, 0.1) is 6.10 Å². The average molecular weight is 145 g/mol. The Morgan fingerprint density at radius 3 is 2.40 bits per heavy atom. The molecule has 0 aliphatic carbocycles. The van der Waals surface area contributed by atoms with Crippen LogP contribution in [-0.4, -0.2) is 24.2 Å². The van der Waals surface area contributed by atoms with Crippen LogP contribution in [0.15, 0.2) is 0 Å². The van der Waals surface area contributed by atoms with Crippen molar-refractivity contribution in [2.75, 3.05) is 7.05 Å². The number of hydrogen-bond donors (Lipinski definition) is 2. The van der Waals surface area contributed by atoms with Gasteiger partial charge in [0.2, 0.25) is 5.91 Å².